The first-order valence-electron chi connectivity index (χ1n) is 6.87. The first-order chi connectivity index (χ1) is 9.27. The third-order valence-corrected chi connectivity index (χ3v) is 3.48. The lowest BCUT2D eigenvalue weighted by molar-refractivity contribution is -0.130. The van der Waals surface area contributed by atoms with Gasteiger partial charge in [0.2, 0.25) is 0 Å². The Kier molecular flexibility index (Phi) is 5.59. The largest absolute Gasteiger partial charge is 0.465 e. The van der Waals surface area contributed by atoms with Crippen LogP contribution in [-0.4, -0.2) is 45.9 Å². The number of pyridine rings is 1. The molecule has 1 aliphatic rings. The van der Waals surface area contributed by atoms with Crippen LogP contribution in [-0.2, 0) is 11.2 Å². The molecule has 1 amide bonds. The van der Waals surface area contributed by atoms with Crippen molar-refractivity contribution in [1.29, 1.82) is 0 Å². The number of rotatable bonds is 2. The number of carboxylic acid groups (broad SMARTS) is 1. The molecule has 21 heavy (non-hydrogen) atoms. The molecule has 6 heteroatoms. The first kappa shape index (κ1) is 17.7. The smallest absolute Gasteiger partial charge is 0.407 e. The van der Waals surface area contributed by atoms with Gasteiger partial charge in [0.1, 0.15) is 0 Å². The fourth-order valence-electron chi connectivity index (χ4n) is 3.04. The molecule has 0 bridgehead atoms. The van der Waals surface area contributed by atoms with Crippen molar-refractivity contribution in [2.24, 2.45) is 0 Å². The Morgan fingerprint density at radius 1 is 1.48 bits per heavy atom. The van der Waals surface area contributed by atoms with Crippen molar-refractivity contribution >= 4 is 18.5 Å². The number of carbonyl (C=O) groups is 1. The first-order valence-corrected chi connectivity index (χ1v) is 6.87. The number of morpholine rings is 1. The Morgan fingerprint density at radius 3 is 2.57 bits per heavy atom. The SMILES string of the molecule is Cc1cc(C[C@]2(C)CN(C(=O)O)C[C@H](C)O2)cc(C)n1.Cl. The Labute approximate surface area is 131 Å². The zero-order chi connectivity index (χ0) is 14.9. The number of halogens is 1. The summed E-state index contributed by atoms with van der Waals surface area (Å²) in [5.41, 5.74) is 2.60. The minimum atomic E-state index is -0.881. The highest BCUT2D eigenvalue weighted by Gasteiger charge is 2.37. The van der Waals surface area contributed by atoms with Crippen LogP contribution in [0, 0.1) is 13.8 Å². The van der Waals surface area contributed by atoms with Crippen LogP contribution in [0.4, 0.5) is 4.79 Å². The second-order valence-corrected chi connectivity index (χ2v) is 5.98. The molecule has 0 aromatic carbocycles. The molecule has 1 N–H and O–H groups in total. The molecule has 0 aliphatic carbocycles. The number of aromatic nitrogens is 1. The van der Waals surface area contributed by atoms with Crippen LogP contribution in [0.2, 0.25) is 0 Å². The normalized spacial score (nSPS) is 25.3. The number of aryl methyl sites for hydroxylation is 2. The average molecular weight is 315 g/mol. The summed E-state index contributed by atoms with van der Waals surface area (Å²) in [6.07, 6.45) is -0.284. The van der Waals surface area contributed by atoms with E-state index in [4.69, 9.17) is 4.74 Å². The third-order valence-electron chi connectivity index (χ3n) is 3.48. The highest BCUT2D eigenvalue weighted by Crippen LogP contribution is 2.26. The number of amides is 1. The number of hydrogen-bond acceptors (Lipinski definition) is 3. The lowest BCUT2D eigenvalue weighted by Gasteiger charge is -2.42. The molecule has 2 atom stereocenters. The molecule has 2 rings (SSSR count). The number of hydrogen-bond donors (Lipinski definition) is 1. The van der Waals surface area contributed by atoms with Crippen LogP contribution in [0.25, 0.3) is 0 Å². The van der Waals surface area contributed by atoms with Crippen molar-refractivity contribution in [2.45, 2.75) is 45.8 Å². The lowest BCUT2D eigenvalue weighted by Crippen LogP contribution is -2.55. The standard InChI is InChI=1S/C15H22N2O3.ClH/c1-10-5-13(6-11(2)16-10)7-15(4)9-17(14(18)19)8-12(3)20-15;/h5-6,12H,7-9H2,1-4H3,(H,18,19);1H/t12-,15+;/m0./s1. The maximum atomic E-state index is 11.2. The van der Waals surface area contributed by atoms with Crippen LogP contribution < -0.4 is 0 Å². The van der Waals surface area contributed by atoms with Gasteiger partial charge in [0.25, 0.3) is 0 Å². The molecular weight excluding hydrogens is 292 g/mol. The fraction of sp³-hybridized carbons (Fsp3) is 0.600. The predicted octanol–water partition coefficient (Wildman–Crippen LogP) is 2.82. The van der Waals surface area contributed by atoms with Gasteiger partial charge in [-0.05, 0) is 45.4 Å². The van der Waals surface area contributed by atoms with Crippen LogP contribution in [0.3, 0.4) is 0 Å². The van der Waals surface area contributed by atoms with Crippen LogP contribution in [0.15, 0.2) is 12.1 Å². The van der Waals surface area contributed by atoms with E-state index in [0.29, 0.717) is 19.5 Å². The maximum absolute atomic E-state index is 11.2. The highest BCUT2D eigenvalue weighted by molar-refractivity contribution is 5.85. The summed E-state index contributed by atoms with van der Waals surface area (Å²) in [7, 11) is 0. The van der Waals surface area contributed by atoms with E-state index in [1.807, 2.05) is 39.8 Å². The van der Waals surface area contributed by atoms with Gasteiger partial charge in [0.15, 0.2) is 0 Å². The summed E-state index contributed by atoms with van der Waals surface area (Å²) in [4.78, 5) is 17.0. The van der Waals surface area contributed by atoms with E-state index in [1.165, 1.54) is 4.90 Å². The van der Waals surface area contributed by atoms with Gasteiger partial charge in [-0.15, -0.1) is 12.4 Å². The minimum Gasteiger partial charge on any atom is -0.465 e. The molecule has 0 radical (unpaired) electrons. The highest BCUT2D eigenvalue weighted by atomic mass is 35.5. The van der Waals surface area contributed by atoms with E-state index in [9.17, 15) is 9.90 Å². The molecular formula is C15H23ClN2O3. The molecule has 1 fully saturated rings. The zero-order valence-corrected chi connectivity index (χ0v) is 13.7. The Bertz CT molecular complexity index is 503. The van der Waals surface area contributed by atoms with E-state index in [2.05, 4.69) is 4.98 Å². The van der Waals surface area contributed by atoms with E-state index < -0.39 is 11.7 Å². The average Bonchev–Trinajstić information content (AvgIpc) is 2.24. The second kappa shape index (κ2) is 6.62. The summed E-state index contributed by atoms with van der Waals surface area (Å²) in [6.45, 7) is 8.64. The predicted molar refractivity (Wildman–Crippen MR) is 83.2 cm³/mol. The Morgan fingerprint density at radius 2 is 2.05 bits per heavy atom. The van der Waals surface area contributed by atoms with Crippen LogP contribution in [0.1, 0.15) is 30.8 Å². The van der Waals surface area contributed by atoms with Crippen molar-refractivity contribution in [3.8, 4) is 0 Å². The van der Waals surface area contributed by atoms with E-state index in [-0.39, 0.29) is 18.5 Å². The molecule has 1 aromatic rings. The Balaban J connectivity index is 0.00000220. The Hall–Kier alpha value is -1.33. The fourth-order valence-corrected chi connectivity index (χ4v) is 3.04. The quantitative estimate of drug-likeness (QED) is 0.911. The van der Waals surface area contributed by atoms with Gasteiger partial charge >= 0.3 is 6.09 Å². The molecule has 1 aromatic heterocycles. The van der Waals surface area contributed by atoms with Gasteiger partial charge in [0.05, 0.1) is 24.8 Å². The van der Waals surface area contributed by atoms with Gasteiger partial charge in [0, 0.05) is 17.8 Å². The third kappa shape index (κ3) is 4.58. The molecule has 1 aliphatic heterocycles. The van der Waals surface area contributed by atoms with Gasteiger partial charge in [-0.25, -0.2) is 4.79 Å². The van der Waals surface area contributed by atoms with Crippen LogP contribution >= 0.6 is 12.4 Å². The molecule has 2 heterocycles. The van der Waals surface area contributed by atoms with Gasteiger partial charge < -0.3 is 14.7 Å². The molecule has 1 saturated heterocycles. The molecule has 0 spiro atoms. The summed E-state index contributed by atoms with van der Waals surface area (Å²) >= 11 is 0. The van der Waals surface area contributed by atoms with Crippen LogP contribution in [0.5, 0.6) is 0 Å². The summed E-state index contributed by atoms with van der Waals surface area (Å²) in [6, 6.07) is 4.07. The summed E-state index contributed by atoms with van der Waals surface area (Å²) < 4.78 is 6.01. The van der Waals surface area contributed by atoms with Gasteiger partial charge in [-0.2, -0.15) is 0 Å². The van der Waals surface area contributed by atoms with E-state index in [0.717, 1.165) is 17.0 Å². The number of ether oxygens (including phenoxy) is 1. The van der Waals surface area contributed by atoms with E-state index >= 15 is 0 Å². The maximum Gasteiger partial charge on any atom is 0.407 e. The van der Waals surface area contributed by atoms with Crippen molar-refractivity contribution in [1.82, 2.24) is 9.88 Å². The van der Waals surface area contributed by atoms with Gasteiger partial charge in [-0.3, -0.25) is 4.98 Å². The molecule has 0 saturated carbocycles. The monoisotopic (exact) mass is 314 g/mol. The summed E-state index contributed by atoms with van der Waals surface area (Å²) in [5.74, 6) is 0. The van der Waals surface area contributed by atoms with Crippen molar-refractivity contribution in [3.05, 3.63) is 29.1 Å². The minimum absolute atomic E-state index is 0. The van der Waals surface area contributed by atoms with Crippen molar-refractivity contribution < 1.29 is 14.6 Å². The van der Waals surface area contributed by atoms with E-state index in [1.54, 1.807) is 0 Å². The lowest BCUT2D eigenvalue weighted by atomic mass is 9.93. The van der Waals surface area contributed by atoms with Crippen molar-refractivity contribution in [2.75, 3.05) is 13.1 Å². The number of nitrogens with zero attached hydrogens (tertiary/aromatic N) is 2. The van der Waals surface area contributed by atoms with Crippen molar-refractivity contribution in [3.63, 3.8) is 0 Å². The molecule has 5 nitrogen and oxygen atoms in total. The molecule has 118 valence electrons. The summed E-state index contributed by atoms with van der Waals surface area (Å²) in [5, 5.41) is 9.20. The molecule has 0 unspecified atom stereocenters. The topological polar surface area (TPSA) is 62.7 Å². The van der Waals surface area contributed by atoms with Gasteiger partial charge in [-0.1, -0.05) is 0 Å². The second-order valence-electron chi connectivity index (χ2n) is 5.98. The zero-order valence-electron chi connectivity index (χ0n) is 12.9.